The average molecular weight is 216 g/mol. The van der Waals surface area contributed by atoms with Crippen LogP contribution < -0.4 is 10.1 Å². The van der Waals surface area contributed by atoms with Gasteiger partial charge in [0.1, 0.15) is 5.38 Å². The van der Waals surface area contributed by atoms with Crippen molar-refractivity contribution in [2.24, 2.45) is 0 Å². The molecule has 0 spiro atoms. The van der Waals surface area contributed by atoms with Gasteiger partial charge in [-0.1, -0.05) is 0 Å². The Kier molecular flexibility index (Phi) is 3.64. The molecule has 1 N–H and O–H groups in total. The molecule has 1 amide bonds. The van der Waals surface area contributed by atoms with Crippen molar-refractivity contribution < 1.29 is 9.53 Å². The Morgan fingerprint density at radius 3 is 2.57 bits per heavy atom. The summed E-state index contributed by atoms with van der Waals surface area (Å²) in [5, 5.41) is 1.96. The second-order valence-electron chi connectivity index (χ2n) is 2.56. The van der Waals surface area contributed by atoms with Gasteiger partial charge in [-0.2, -0.15) is 0 Å². The highest BCUT2D eigenvalue weighted by Crippen LogP contribution is 2.08. The number of ether oxygens (including phenoxy) is 1. The summed E-state index contributed by atoms with van der Waals surface area (Å²) in [7, 11) is 1.47. The van der Waals surface area contributed by atoms with Crippen molar-refractivity contribution in [1.29, 1.82) is 0 Å². The van der Waals surface area contributed by atoms with Gasteiger partial charge in [-0.15, -0.1) is 11.6 Å². The van der Waals surface area contributed by atoms with Crippen molar-refractivity contribution in [3.05, 3.63) is 12.4 Å². The largest absolute Gasteiger partial charge is 0.467 e. The van der Waals surface area contributed by atoms with Gasteiger partial charge in [-0.25, -0.2) is 9.97 Å². The zero-order valence-corrected chi connectivity index (χ0v) is 8.58. The van der Waals surface area contributed by atoms with E-state index >= 15 is 0 Å². The number of carbonyl (C=O) groups excluding carboxylic acids is 1. The van der Waals surface area contributed by atoms with Gasteiger partial charge in [0.2, 0.25) is 5.91 Å². The molecule has 0 aliphatic carbocycles. The lowest BCUT2D eigenvalue weighted by Crippen LogP contribution is -2.20. The fourth-order valence-corrected chi connectivity index (χ4v) is 0.782. The Hall–Kier alpha value is -1.36. The van der Waals surface area contributed by atoms with Crippen LogP contribution in [0.1, 0.15) is 6.92 Å². The minimum Gasteiger partial charge on any atom is -0.467 e. The summed E-state index contributed by atoms with van der Waals surface area (Å²) in [6, 6.07) is 0.252. The van der Waals surface area contributed by atoms with Crippen LogP contribution in [-0.4, -0.2) is 28.4 Å². The normalized spacial score (nSPS) is 11.9. The Morgan fingerprint density at radius 1 is 1.57 bits per heavy atom. The molecule has 0 radical (unpaired) electrons. The predicted octanol–water partition coefficient (Wildman–Crippen LogP) is 1.05. The fourth-order valence-electron chi connectivity index (χ4n) is 0.728. The first-order valence-electron chi connectivity index (χ1n) is 3.94. The average Bonchev–Trinajstić information content (AvgIpc) is 2.19. The van der Waals surface area contributed by atoms with E-state index in [0.717, 1.165) is 0 Å². The van der Waals surface area contributed by atoms with E-state index in [-0.39, 0.29) is 11.9 Å². The maximum absolute atomic E-state index is 11.1. The molecule has 0 aliphatic rings. The van der Waals surface area contributed by atoms with Crippen LogP contribution in [0.15, 0.2) is 12.4 Å². The summed E-state index contributed by atoms with van der Waals surface area (Å²) >= 11 is 5.56. The molecule has 6 heteroatoms. The van der Waals surface area contributed by atoms with E-state index in [9.17, 15) is 4.79 Å². The number of aromatic nitrogens is 2. The SMILES string of the molecule is COc1ncc(NC(=O)C(C)Cl)cn1. The number of rotatable bonds is 3. The van der Waals surface area contributed by atoms with E-state index in [4.69, 9.17) is 16.3 Å². The lowest BCUT2D eigenvalue weighted by Gasteiger charge is -2.05. The standard InChI is InChI=1S/C8H10ClN3O2/c1-5(9)7(13)12-6-3-10-8(14-2)11-4-6/h3-5H,1-2H3,(H,12,13). The van der Waals surface area contributed by atoms with Crippen LogP contribution in [-0.2, 0) is 4.79 Å². The minimum absolute atomic E-state index is 0.252. The first-order chi connectivity index (χ1) is 6.63. The number of nitrogens with zero attached hydrogens (tertiary/aromatic N) is 2. The quantitative estimate of drug-likeness (QED) is 0.766. The summed E-state index contributed by atoms with van der Waals surface area (Å²) < 4.78 is 4.76. The Bertz CT molecular complexity index is 313. The van der Waals surface area contributed by atoms with Crippen molar-refractivity contribution >= 4 is 23.2 Å². The molecule has 1 unspecified atom stereocenters. The highest BCUT2D eigenvalue weighted by atomic mass is 35.5. The lowest BCUT2D eigenvalue weighted by atomic mass is 10.4. The second kappa shape index (κ2) is 4.76. The van der Waals surface area contributed by atoms with Crippen LogP contribution in [0.25, 0.3) is 0 Å². The number of methoxy groups -OCH3 is 1. The van der Waals surface area contributed by atoms with E-state index in [1.807, 2.05) is 0 Å². The maximum Gasteiger partial charge on any atom is 0.316 e. The summed E-state index contributed by atoms with van der Waals surface area (Å²) in [5.74, 6) is -0.291. The van der Waals surface area contributed by atoms with Crippen molar-refractivity contribution in [2.45, 2.75) is 12.3 Å². The van der Waals surface area contributed by atoms with Crippen LogP contribution in [0.3, 0.4) is 0 Å². The molecule has 1 atom stereocenters. The summed E-state index contributed by atoms with van der Waals surface area (Å²) in [4.78, 5) is 18.8. The second-order valence-corrected chi connectivity index (χ2v) is 3.22. The smallest absolute Gasteiger partial charge is 0.316 e. The van der Waals surface area contributed by atoms with Gasteiger partial charge in [-0.05, 0) is 6.92 Å². The molecular weight excluding hydrogens is 206 g/mol. The van der Waals surface area contributed by atoms with E-state index < -0.39 is 5.38 Å². The van der Waals surface area contributed by atoms with Gasteiger partial charge in [0.15, 0.2) is 0 Å². The molecular formula is C8H10ClN3O2. The summed E-state index contributed by atoms with van der Waals surface area (Å²) in [6.07, 6.45) is 2.89. The third-order valence-corrected chi connectivity index (χ3v) is 1.64. The number of hydrogen-bond donors (Lipinski definition) is 1. The highest BCUT2D eigenvalue weighted by Gasteiger charge is 2.09. The van der Waals surface area contributed by atoms with Crippen LogP contribution >= 0.6 is 11.6 Å². The molecule has 0 bridgehead atoms. The van der Waals surface area contributed by atoms with Crippen LogP contribution in [0.5, 0.6) is 6.01 Å². The Labute approximate surface area is 86.5 Å². The van der Waals surface area contributed by atoms with Crippen LogP contribution in [0.4, 0.5) is 5.69 Å². The van der Waals surface area contributed by atoms with E-state index in [1.54, 1.807) is 6.92 Å². The van der Waals surface area contributed by atoms with Gasteiger partial charge in [0.05, 0.1) is 25.2 Å². The Morgan fingerprint density at radius 2 is 2.14 bits per heavy atom. The highest BCUT2D eigenvalue weighted by molar-refractivity contribution is 6.32. The van der Waals surface area contributed by atoms with Gasteiger partial charge in [-0.3, -0.25) is 4.79 Å². The molecule has 0 saturated carbocycles. The number of amides is 1. The molecule has 1 aromatic rings. The van der Waals surface area contributed by atoms with Crippen LogP contribution in [0.2, 0.25) is 0 Å². The summed E-state index contributed by atoms with van der Waals surface area (Å²) in [5.41, 5.74) is 0.489. The van der Waals surface area contributed by atoms with E-state index in [1.165, 1.54) is 19.5 Å². The van der Waals surface area contributed by atoms with Crippen molar-refractivity contribution in [2.75, 3.05) is 12.4 Å². The third-order valence-electron chi connectivity index (χ3n) is 1.44. The number of hydrogen-bond acceptors (Lipinski definition) is 4. The molecule has 1 heterocycles. The first kappa shape index (κ1) is 10.7. The van der Waals surface area contributed by atoms with Gasteiger partial charge >= 0.3 is 6.01 Å². The first-order valence-corrected chi connectivity index (χ1v) is 4.38. The summed E-state index contributed by atoms with van der Waals surface area (Å²) in [6.45, 7) is 1.58. The number of halogens is 1. The number of anilines is 1. The molecule has 0 aliphatic heterocycles. The molecule has 5 nitrogen and oxygen atoms in total. The molecule has 76 valence electrons. The maximum atomic E-state index is 11.1. The van der Waals surface area contributed by atoms with Crippen molar-refractivity contribution in [1.82, 2.24) is 9.97 Å². The Balaban J connectivity index is 2.64. The third kappa shape index (κ3) is 2.85. The molecule has 14 heavy (non-hydrogen) atoms. The van der Waals surface area contributed by atoms with E-state index in [0.29, 0.717) is 5.69 Å². The van der Waals surface area contributed by atoms with E-state index in [2.05, 4.69) is 15.3 Å². The van der Waals surface area contributed by atoms with Gasteiger partial charge in [0, 0.05) is 0 Å². The predicted molar refractivity (Wildman–Crippen MR) is 52.5 cm³/mol. The molecule has 0 aromatic carbocycles. The topological polar surface area (TPSA) is 64.1 Å². The van der Waals surface area contributed by atoms with Crippen LogP contribution in [0, 0.1) is 0 Å². The van der Waals surface area contributed by atoms with Crippen molar-refractivity contribution in [3.63, 3.8) is 0 Å². The zero-order chi connectivity index (χ0) is 10.6. The monoisotopic (exact) mass is 215 g/mol. The fraction of sp³-hybridized carbons (Fsp3) is 0.375. The molecule has 1 aromatic heterocycles. The number of alkyl halides is 1. The lowest BCUT2D eigenvalue weighted by molar-refractivity contribution is -0.115. The zero-order valence-electron chi connectivity index (χ0n) is 7.82. The molecule has 1 rings (SSSR count). The van der Waals surface area contributed by atoms with Crippen molar-refractivity contribution in [3.8, 4) is 6.01 Å². The molecule has 0 saturated heterocycles. The molecule has 0 fully saturated rings. The van der Waals surface area contributed by atoms with Gasteiger partial charge in [0.25, 0.3) is 0 Å². The van der Waals surface area contributed by atoms with Gasteiger partial charge < -0.3 is 10.1 Å². The minimum atomic E-state index is -0.586. The number of nitrogens with one attached hydrogen (secondary N) is 1. The number of carbonyl (C=O) groups is 1.